The average molecular weight is 853 g/mol. The lowest BCUT2D eigenvalue weighted by Crippen LogP contribution is -2.54. The first-order chi connectivity index (χ1) is 29.4. The van der Waals surface area contributed by atoms with E-state index in [1.54, 1.807) is 22.9 Å². The average Bonchev–Trinajstić information content (AvgIpc) is 4.14. The van der Waals surface area contributed by atoms with Crippen LogP contribution in [0.5, 0.6) is 0 Å². The molecule has 17 heteroatoms. The van der Waals surface area contributed by atoms with E-state index in [1.165, 1.54) is 21.3 Å². The highest BCUT2D eigenvalue weighted by molar-refractivity contribution is 6.05. The number of imidazole rings is 2. The summed E-state index contributed by atoms with van der Waals surface area (Å²) in [5.74, 6) is -0.335. The highest BCUT2D eigenvalue weighted by atomic mass is 16.7. The van der Waals surface area contributed by atoms with Gasteiger partial charge in [-0.2, -0.15) is 0 Å². The molecule has 8 rings (SSSR count). The summed E-state index contributed by atoms with van der Waals surface area (Å²) in [7, 11) is 4.01. The topological polar surface area (TPSA) is 202 Å². The maximum Gasteiger partial charge on any atom is 0.407 e. The van der Waals surface area contributed by atoms with E-state index in [9.17, 15) is 19.2 Å². The third-order valence-electron chi connectivity index (χ3n) is 12.1. The molecule has 17 nitrogen and oxygen atoms in total. The van der Waals surface area contributed by atoms with E-state index in [4.69, 9.17) is 33.7 Å². The first-order valence-electron chi connectivity index (χ1n) is 20.6. The second-order valence-corrected chi connectivity index (χ2v) is 16.2. The van der Waals surface area contributed by atoms with E-state index < -0.39 is 42.2 Å². The van der Waals surface area contributed by atoms with Crippen molar-refractivity contribution in [3.63, 3.8) is 0 Å². The monoisotopic (exact) mass is 852 g/mol. The summed E-state index contributed by atoms with van der Waals surface area (Å²) < 4.78 is 27.2. The van der Waals surface area contributed by atoms with Crippen molar-refractivity contribution in [2.45, 2.75) is 83.5 Å². The van der Waals surface area contributed by atoms with Crippen LogP contribution in [-0.2, 0) is 33.3 Å². The van der Waals surface area contributed by atoms with E-state index in [-0.39, 0.29) is 37.7 Å². The van der Waals surface area contributed by atoms with Crippen LogP contribution in [0.25, 0.3) is 44.2 Å². The van der Waals surface area contributed by atoms with E-state index in [1.807, 2.05) is 38.1 Å². The maximum atomic E-state index is 14.2. The number of carbonyl (C=O) groups is 4. The van der Waals surface area contributed by atoms with Crippen LogP contribution in [0.3, 0.4) is 0 Å². The Bertz CT molecular complexity index is 2420. The van der Waals surface area contributed by atoms with Crippen LogP contribution in [0, 0.1) is 5.92 Å². The zero-order chi connectivity index (χ0) is 43.0. The quantitative estimate of drug-likeness (QED) is 0.117. The molecule has 5 heterocycles. The van der Waals surface area contributed by atoms with Gasteiger partial charge in [0, 0.05) is 25.5 Å². The third-order valence-corrected chi connectivity index (χ3v) is 12.1. The van der Waals surface area contributed by atoms with Crippen LogP contribution in [0.2, 0.25) is 0 Å². The van der Waals surface area contributed by atoms with Crippen molar-refractivity contribution in [3.05, 3.63) is 72.4 Å². The van der Waals surface area contributed by atoms with Crippen LogP contribution in [-0.4, -0.2) is 125 Å². The number of alkyl carbamates (subject to hydrolysis) is 2. The summed E-state index contributed by atoms with van der Waals surface area (Å²) in [4.78, 5) is 72.2. The number of ether oxygens (including phenoxy) is 5. The number of rotatable bonds is 11. The van der Waals surface area contributed by atoms with E-state index in [0.717, 1.165) is 57.0 Å². The minimum atomic E-state index is -1.02. The number of benzene rings is 3. The Morgan fingerprint density at radius 1 is 0.806 bits per heavy atom. The van der Waals surface area contributed by atoms with Crippen molar-refractivity contribution in [1.29, 1.82) is 0 Å². The zero-order valence-electron chi connectivity index (χ0n) is 35.2. The number of methoxy groups -OCH3 is 3. The summed E-state index contributed by atoms with van der Waals surface area (Å²) in [5.41, 5.74) is 5.44. The van der Waals surface area contributed by atoms with Crippen molar-refractivity contribution in [2.24, 2.45) is 5.92 Å². The molecule has 3 aliphatic rings. The number of nitrogens with zero attached hydrogens (tertiary/aromatic N) is 4. The van der Waals surface area contributed by atoms with Crippen molar-refractivity contribution in [3.8, 4) is 22.4 Å². The van der Waals surface area contributed by atoms with Gasteiger partial charge in [-0.05, 0) is 59.9 Å². The Hall–Kier alpha value is -6.04. The minimum absolute atomic E-state index is 0. The second kappa shape index (κ2) is 18.1. The lowest BCUT2D eigenvalue weighted by molar-refractivity contribution is -0.154. The van der Waals surface area contributed by atoms with Gasteiger partial charge in [0.25, 0.3) is 0 Å². The molecule has 5 atom stereocenters. The van der Waals surface area contributed by atoms with Gasteiger partial charge in [-0.1, -0.05) is 63.7 Å². The predicted molar refractivity (Wildman–Crippen MR) is 231 cm³/mol. The fraction of sp³-hybridized carbons (Fsp3) is 0.467. The summed E-state index contributed by atoms with van der Waals surface area (Å²) in [6.07, 6.45) is 1.73. The number of H-pyrrole nitrogens is 2. The predicted octanol–water partition coefficient (Wildman–Crippen LogP) is 6.23. The van der Waals surface area contributed by atoms with Gasteiger partial charge in [0.2, 0.25) is 11.8 Å². The molecular weight excluding hydrogens is 797 g/mol. The number of hydrogen-bond donors (Lipinski definition) is 4. The number of fused-ring (bicyclic) bond motifs is 3. The van der Waals surface area contributed by atoms with E-state index >= 15 is 0 Å². The number of nitrogens with one attached hydrogen (secondary N) is 4. The van der Waals surface area contributed by atoms with Gasteiger partial charge in [0.05, 0.1) is 75.1 Å². The number of likely N-dealkylation sites (tertiary alicyclic amines) is 2. The Morgan fingerprint density at radius 3 is 2.15 bits per heavy atom. The molecule has 3 saturated heterocycles. The van der Waals surface area contributed by atoms with Crippen LogP contribution >= 0.6 is 0 Å². The Balaban J connectivity index is 0.00000578. The summed E-state index contributed by atoms with van der Waals surface area (Å²) in [6, 6.07) is 16.1. The van der Waals surface area contributed by atoms with Gasteiger partial charge in [0.15, 0.2) is 5.79 Å². The first kappa shape index (κ1) is 44.0. The smallest absolute Gasteiger partial charge is 0.407 e. The molecule has 330 valence electrons. The van der Waals surface area contributed by atoms with E-state index in [0.29, 0.717) is 37.8 Å². The highest BCUT2D eigenvalue weighted by Gasteiger charge is 2.53. The molecule has 0 unspecified atom stereocenters. The fourth-order valence-corrected chi connectivity index (χ4v) is 8.75. The summed E-state index contributed by atoms with van der Waals surface area (Å²) >= 11 is 0. The minimum Gasteiger partial charge on any atom is -0.453 e. The Kier molecular flexibility index (Phi) is 12.9. The molecule has 3 fully saturated rings. The normalized spacial score (nSPS) is 19.7. The molecule has 0 bridgehead atoms. The molecular formula is C45H56N8O9. The standard InChI is InChI=1S/C44H52N8O9.CH4/c1-24(2)35(49-42(55)58-5)40(53)51-17-7-8-33(51)38-45-22-32(47-38)27-11-9-26(10-12-27)28-13-15-30-29(20-28)14-16-31-37(30)48-39(46-31)34-21-44(60-18-19-61-44)23-52(34)41(54)36(25(3)57-4)50-43(56)59-6;/h9-16,20,22,24-25,33-36H,7-8,17-19,21,23H2,1-6H3,(H,45,47)(H,46,48)(H,49,55)(H,50,56);1H4/t25-,33+,34+,35+,36+;/m1./s1. The zero-order valence-corrected chi connectivity index (χ0v) is 35.2. The molecule has 3 aromatic carbocycles. The lowest BCUT2D eigenvalue weighted by atomic mass is 9.99. The molecule has 4 N–H and O–H groups in total. The molecule has 3 aliphatic heterocycles. The number of amides is 4. The van der Waals surface area contributed by atoms with Gasteiger partial charge >= 0.3 is 12.2 Å². The van der Waals surface area contributed by atoms with Gasteiger partial charge in [0.1, 0.15) is 23.7 Å². The molecule has 0 saturated carbocycles. The van der Waals surface area contributed by atoms with Crippen molar-refractivity contribution in [2.75, 3.05) is 47.6 Å². The third kappa shape index (κ3) is 8.43. The van der Waals surface area contributed by atoms with Gasteiger partial charge in [-0.15, -0.1) is 0 Å². The number of carbonyl (C=O) groups excluding carboxylic acids is 4. The molecule has 0 radical (unpaired) electrons. The number of aromatic amines is 2. The van der Waals surface area contributed by atoms with Crippen LogP contribution < -0.4 is 10.6 Å². The fourth-order valence-electron chi connectivity index (χ4n) is 8.75. The Labute approximate surface area is 360 Å². The van der Waals surface area contributed by atoms with E-state index in [2.05, 4.69) is 50.9 Å². The van der Waals surface area contributed by atoms with Crippen molar-refractivity contribution in [1.82, 2.24) is 40.4 Å². The first-order valence-corrected chi connectivity index (χ1v) is 20.6. The molecule has 1 spiro atoms. The molecule has 2 aromatic heterocycles. The van der Waals surface area contributed by atoms with Crippen LogP contribution in [0.15, 0.2) is 60.8 Å². The lowest BCUT2D eigenvalue weighted by Gasteiger charge is -2.30. The number of aromatic nitrogens is 4. The molecule has 4 amide bonds. The molecule has 5 aromatic rings. The largest absolute Gasteiger partial charge is 0.453 e. The highest BCUT2D eigenvalue weighted by Crippen LogP contribution is 2.43. The summed E-state index contributed by atoms with van der Waals surface area (Å²) in [5, 5.41) is 7.28. The second-order valence-electron chi connectivity index (χ2n) is 16.2. The number of hydrogen-bond acceptors (Lipinski definition) is 11. The molecule has 0 aliphatic carbocycles. The molecule has 62 heavy (non-hydrogen) atoms. The Morgan fingerprint density at radius 2 is 1.47 bits per heavy atom. The van der Waals surface area contributed by atoms with Gasteiger partial charge < -0.3 is 54.1 Å². The van der Waals surface area contributed by atoms with Crippen LogP contribution in [0.1, 0.15) is 71.2 Å². The van der Waals surface area contributed by atoms with Gasteiger partial charge in [-0.25, -0.2) is 19.6 Å². The van der Waals surface area contributed by atoms with Gasteiger partial charge in [-0.3, -0.25) is 9.59 Å². The van der Waals surface area contributed by atoms with Crippen molar-refractivity contribution >= 4 is 45.8 Å². The maximum absolute atomic E-state index is 14.2. The SMILES string of the molecule is C.COC(=O)N[C@H](C(=O)N1CCC[C@H]1c1ncc(-c2ccc(-c3ccc4c(ccc5[nH]c([C@@H]6CC7(CN6C(=O)[C@@H](NC(=O)OC)[C@@H](C)OC)OCCO7)nc54)c3)cc2)[nH]1)C(C)C. The van der Waals surface area contributed by atoms with Crippen LogP contribution in [0.4, 0.5) is 9.59 Å². The van der Waals surface area contributed by atoms with Crippen molar-refractivity contribution < 1.29 is 42.9 Å². The summed E-state index contributed by atoms with van der Waals surface area (Å²) in [6.45, 7) is 7.06.